The number of nitrogens with one attached hydrogen (secondary N) is 2. The molecule has 2 aliphatic rings. The monoisotopic (exact) mass is 328 g/mol. The summed E-state index contributed by atoms with van der Waals surface area (Å²) in [6, 6.07) is 10.6. The number of carbonyl (C=O) groups excluding carboxylic acids is 1. The molecule has 2 fully saturated rings. The lowest BCUT2D eigenvalue weighted by atomic mass is 9.76. The van der Waals surface area contributed by atoms with Crippen LogP contribution < -0.4 is 5.32 Å². The average Bonchev–Trinajstić information content (AvgIpc) is 2.59. The third-order valence-electron chi connectivity index (χ3n) is 5.60. The van der Waals surface area contributed by atoms with E-state index in [0.29, 0.717) is 12.3 Å². The molecule has 1 aromatic rings. The predicted octanol–water partition coefficient (Wildman–Crippen LogP) is 2.09. The van der Waals surface area contributed by atoms with E-state index >= 15 is 0 Å². The van der Waals surface area contributed by atoms with E-state index in [1.54, 1.807) is 7.05 Å². The zero-order valence-electron chi connectivity index (χ0n) is 14.7. The molecule has 2 heterocycles. The fraction of sp³-hybridized carbons (Fsp3) is 0.579. The van der Waals surface area contributed by atoms with E-state index in [4.69, 9.17) is 5.41 Å². The molecular weight excluding hydrogens is 300 g/mol. The number of hydrogen-bond donors (Lipinski definition) is 2. The molecule has 2 saturated heterocycles. The number of likely N-dealkylation sites (tertiary alicyclic amines) is 1. The number of rotatable bonds is 4. The van der Waals surface area contributed by atoms with Crippen molar-refractivity contribution in [1.29, 1.82) is 5.41 Å². The minimum atomic E-state index is -0.300. The number of nitrogens with zero attached hydrogens (tertiary/aromatic N) is 2. The van der Waals surface area contributed by atoms with Crippen LogP contribution in [0.5, 0.6) is 0 Å². The highest BCUT2D eigenvalue weighted by Crippen LogP contribution is 2.32. The Bertz CT molecular complexity index is 583. The van der Waals surface area contributed by atoms with Gasteiger partial charge in [-0.15, -0.1) is 0 Å². The maximum atomic E-state index is 12.2. The quantitative estimate of drug-likeness (QED) is 0.890. The van der Waals surface area contributed by atoms with Crippen molar-refractivity contribution in [3.05, 3.63) is 35.9 Å². The Labute approximate surface area is 144 Å². The molecule has 1 unspecified atom stereocenters. The molecule has 0 aromatic heterocycles. The van der Waals surface area contributed by atoms with Gasteiger partial charge in [-0.2, -0.15) is 0 Å². The summed E-state index contributed by atoms with van der Waals surface area (Å²) < 4.78 is 0. The second-order valence-electron chi connectivity index (χ2n) is 7.40. The zero-order valence-corrected chi connectivity index (χ0v) is 14.7. The lowest BCUT2D eigenvalue weighted by Gasteiger charge is -2.47. The fourth-order valence-corrected chi connectivity index (χ4v) is 3.91. The first-order chi connectivity index (χ1) is 11.5. The van der Waals surface area contributed by atoms with Gasteiger partial charge in [0.05, 0.1) is 12.0 Å². The standard InChI is InChI=1S/C19H28N4O/c1-19(13-17(24)22(2)18(20)21-19)16-9-6-11-23(14-16)12-10-15-7-4-3-5-8-15/h3-5,7-8,16H,6,9-14H2,1-2H3,(H2,20,21)/t16?,19-/m0/s1. The van der Waals surface area contributed by atoms with Crippen molar-refractivity contribution in [2.24, 2.45) is 5.92 Å². The minimum Gasteiger partial charge on any atom is -0.350 e. The van der Waals surface area contributed by atoms with Gasteiger partial charge in [-0.1, -0.05) is 30.3 Å². The first kappa shape index (κ1) is 17.0. The molecule has 1 aromatic carbocycles. The van der Waals surface area contributed by atoms with Crippen LogP contribution >= 0.6 is 0 Å². The number of carbonyl (C=O) groups is 1. The van der Waals surface area contributed by atoms with Crippen molar-refractivity contribution in [2.75, 3.05) is 26.7 Å². The molecule has 1 amide bonds. The van der Waals surface area contributed by atoms with Crippen molar-refractivity contribution >= 4 is 11.9 Å². The van der Waals surface area contributed by atoms with Crippen LogP contribution in [0.4, 0.5) is 0 Å². The van der Waals surface area contributed by atoms with E-state index in [-0.39, 0.29) is 17.4 Å². The van der Waals surface area contributed by atoms with Crippen LogP contribution in [0.3, 0.4) is 0 Å². The topological polar surface area (TPSA) is 59.4 Å². The molecule has 5 nitrogen and oxygen atoms in total. The van der Waals surface area contributed by atoms with Crippen LogP contribution in [0.15, 0.2) is 30.3 Å². The van der Waals surface area contributed by atoms with Crippen molar-refractivity contribution in [1.82, 2.24) is 15.1 Å². The number of piperidine rings is 1. The average molecular weight is 328 g/mol. The van der Waals surface area contributed by atoms with Crippen LogP contribution in [0.2, 0.25) is 0 Å². The maximum absolute atomic E-state index is 12.2. The molecule has 130 valence electrons. The Morgan fingerprint density at radius 2 is 2.08 bits per heavy atom. The molecule has 0 spiro atoms. The number of guanidine groups is 1. The van der Waals surface area contributed by atoms with Gasteiger partial charge in [0.2, 0.25) is 5.91 Å². The molecule has 3 rings (SSSR count). The van der Waals surface area contributed by atoms with Gasteiger partial charge in [0, 0.05) is 20.1 Å². The molecule has 24 heavy (non-hydrogen) atoms. The van der Waals surface area contributed by atoms with Crippen LogP contribution in [-0.2, 0) is 11.2 Å². The summed E-state index contributed by atoms with van der Waals surface area (Å²) in [7, 11) is 1.67. The Kier molecular flexibility index (Phi) is 4.90. The lowest BCUT2D eigenvalue weighted by molar-refractivity contribution is -0.130. The third-order valence-corrected chi connectivity index (χ3v) is 5.60. The molecule has 0 bridgehead atoms. The van der Waals surface area contributed by atoms with E-state index in [9.17, 15) is 4.79 Å². The first-order valence-corrected chi connectivity index (χ1v) is 8.87. The van der Waals surface area contributed by atoms with Crippen molar-refractivity contribution in [3.63, 3.8) is 0 Å². The molecular formula is C19H28N4O. The highest BCUT2D eigenvalue weighted by molar-refractivity contribution is 5.98. The summed E-state index contributed by atoms with van der Waals surface area (Å²) in [6.45, 7) is 5.30. The van der Waals surface area contributed by atoms with Gasteiger partial charge in [-0.05, 0) is 44.2 Å². The molecule has 2 atom stereocenters. The number of hydrogen-bond acceptors (Lipinski definition) is 3. The predicted molar refractivity (Wildman–Crippen MR) is 96.0 cm³/mol. The van der Waals surface area contributed by atoms with Crippen molar-refractivity contribution in [3.8, 4) is 0 Å². The van der Waals surface area contributed by atoms with Gasteiger partial charge in [-0.25, -0.2) is 0 Å². The largest absolute Gasteiger partial charge is 0.350 e. The highest BCUT2D eigenvalue weighted by atomic mass is 16.2. The second kappa shape index (κ2) is 6.93. The second-order valence-corrected chi connectivity index (χ2v) is 7.40. The summed E-state index contributed by atoms with van der Waals surface area (Å²) in [4.78, 5) is 16.1. The van der Waals surface area contributed by atoms with Crippen LogP contribution in [0.1, 0.15) is 31.7 Å². The van der Waals surface area contributed by atoms with Crippen molar-refractivity contribution < 1.29 is 4.79 Å². The summed E-state index contributed by atoms with van der Waals surface area (Å²) in [5.74, 6) is 0.679. The Morgan fingerprint density at radius 1 is 1.33 bits per heavy atom. The molecule has 0 saturated carbocycles. The number of benzene rings is 1. The van der Waals surface area contributed by atoms with Gasteiger partial charge in [0.1, 0.15) is 0 Å². The molecule has 2 N–H and O–H groups in total. The van der Waals surface area contributed by atoms with Crippen LogP contribution in [0, 0.1) is 11.3 Å². The smallest absolute Gasteiger partial charge is 0.231 e. The van der Waals surface area contributed by atoms with Gasteiger partial charge in [0.15, 0.2) is 5.96 Å². The van der Waals surface area contributed by atoms with E-state index in [2.05, 4.69) is 47.5 Å². The molecule has 5 heteroatoms. The SMILES string of the molecule is CN1C(=N)N[C@](C)(C2CCCN(CCc3ccccc3)C2)CC1=O. The summed E-state index contributed by atoms with van der Waals surface area (Å²) in [5.41, 5.74) is 1.08. The normalized spacial score (nSPS) is 28.8. The molecule has 2 aliphatic heterocycles. The summed E-state index contributed by atoms with van der Waals surface area (Å²) in [5, 5.41) is 11.3. The maximum Gasteiger partial charge on any atom is 0.231 e. The highest BCUT2D eigenvalue weighted by Gasteiger charge is 2.43. The van der Waals surface area contributed by atoms with E-state index in [1.807, 2.05) is 0 Å². The van der Waals surface area contributed by atoms with Crippen molar-refractivity contribution in [2.45, 2.75) is 38.1 Å². The van der Waals surface area contributed by atoms with E-state index < -0.39 is 0 Å². The Morgan fingerprint density at radius 3 is 2.79 bits per heavy atom. The first-order valence-electron chi connectivity index (χ1n) is 8.87. The fourth-order valence-electron chi connectivity index (χ4n) is 3.91. The van der Waals surface area contributed by atoms with Gasteiger partial charge in [-0.3, -0.25) is 15.1 Å². The zero-order chi connectivity index (χ0) is 17.2. The van der Waals surface area contributed by atoms with E-state index in [1.165, 1.54) is 10.5 Å². The van der Waals surface area contributed by atoms with E-state index in [0.717, 1.165) is 38.9 Å². The van der Waals surface area contributed by atoms with Crippen LogP contribution in [0.25, 0.3) is 0 Å². The minimum absolute atomic E-state index is 0.0441. The van der Waals surface area contributed by atoms with Gasteiger partial charge >= 0.3 is 0 Å². The lowest BCUT2D eigenvalue weighted by Crippen LogP contribution is -2.64. The Hall–Kier alpha value is -1.88. The van der Waals surface area contributed by atoms with Gasteiger partial charge in [0.25, 0.3) is 0 Å². The molecule has 0 radical (unpaired) electrons. The van der Waals surface area contributed by atoms with Gasteiger partial charge < -0.3 is 10.2 Å². The Balaban J connectivity index is 1.60. The van der Waals surface area contributed by atoms with Crippen LogP contribution in [-0.4, -0.2) is 53.9 Å². The molecule has 0 aliphatic carbocycles. The third kappa shape index (κ3) is 3.61. The summed E-state index contributed by atoms with van der Waals surface area (Å²) >= 11 is 0. The number of amides is 1. The summed E-state index contributed by atoms with van der Waals surface area (Å²) in [6.07, 6.45) is 3.82.